The topological polar surface area (TPSA) is 32.3 Å². The zero-order valence-electron chi connectivity index (χ0n) is 7.17. The lowest BCUT2D eigenvalue weighted by atomic mass is 10.2. The number of likely N-dealkylation sites (N-methyl/N-ethyl adjacent to an activating group) is 1. The van der Waals surface area contributed by atoms with E-state index in [2.05, 4.69) is 21.2 Å². The van der Waals surface area contributed by atoms with Crippen molar-refractivity contribution in [1.29, 1.82) is 0 Å². The Morgan fingerprint density at radius 1 is 1.54 bits per heavy atom. The van der Waals surface area contributed by atoms with Gasteiger partial charge in [-0.15, -0.1) is 0 Å². The van der Waals surface area contributed by atoms with Crippen LogP contribution in [0.3, 0.4) is 0 Å². The summed E-state index contributed by atoms with van der Waals surface area (Å²) in [5, 5.41) is 2.82. The van der Waals surface area contributed by atoms with Crippen LogP contribution in [0.5, 0.6) is 0 Å². The quantitative estimate of drug-likeness (QED) is 0.751. The van der Waals surface area contributed by atoms with Crippen LogP contribution in [0.2, 0.25) is 0 Å². The van der Waals surface area contributed by atoms with Gasteiger partial charge in [-0.05, 0) is 28.1 Å². The third-order valence-electron chi connectivity index (χ3n) is 2.02. The Hall–Kier alpha value is -1.03. The minimum atomic E-state index is 0.0353. The summed E-state index contributed by atoms with van der Waals surface area (Å²) in [6.07, 6.45) is 0. The standard InChI is InChI=1S/C9H9BrN2O/c1-12-5-8(13)11-7-4-2-3-6(10)9(7)12/h2-4H,5H2,1H3,(H,11,13). The van der Waals surface area contributed by atoms with Crippen LogP contribution >= 0.6 is 15.9 Å². The summed E-state index contributed by atoms with van der Waals surface area (Å²) in [4.78, 5) is 13.1. The third-order valence-corrected chi connectivity index (χ3v) is 2.66. The molecule has 1 aliphatic rings. The molecule has 13 heavy (non-hydrogen) atoms. The molecule has 0 bridgehead atoms. The lowest BCUT2D eigenvalue weighted by Gasteiger charge is -2.28. The summed E-state index contributed by atoms with van der Waals surface area (Å²) in [5.41, 5.74) is 1.91. The summed E-state index contributed by atoms with van der Waals surface area (Å²) in [7, 11) is 1.91. The van der Waals surface area contributed by atoms with Gasteiger partial charge in [0.25, 0.3) is 0 Å². The summed E-state index contributed by atoms with van der Waals surface area (Å²) in [5.74, 6) is 0.0353. The molecule has 0 saturated carbocycles. The molecule has 0 saturated heterocycles. The molecule has 1 aliphatic heterocycles. The monoisotopic (exact) mass is 240 g/mol. The number of carbonyl (C=O) groups is 1. The van der Waals surface area contributed by atoms with Gasteiger partial charge in [-0.25, -0.2) is 0 Å². The van der Waals surface area contributed by atoms with Crippen LogP contribution in [0.4, 0.5) is 11.4 Å². The van der Waals surface area contributed by atoms with Crippen LogP contribution < -0.4 is 10.2 Å². The molecule has 2 rings (SSSR count). The Labute approximate surface area is 84.9 Å². The molecule has 1 amide bonds. The highest BCUT2D eigenvalue weighted by Gasteiger charge is 2.20. The van der Waals surface area contributed by atoms with Crippen LogP contribution in [0.15, 0.2) is 22.7 Å². The fourth-order valence-corrected chi connectivity index (χ4v) is 2.16. The zero-order chi connectivity index (χ0) is 9.42. The van der Waals surface area contributed by atoms with E-state index in [9.17, 15) is 4.79 Å². The Morgan fingerprint density at radius 3 is 3.08 bits per heavy atom. The SMILES string of the molecule is CN1CC(=O)Nc2cccc(Br)c21. The van der Waals surface area contributed by atoms with Gasteiger partial charge in [0.2, 0.25) is 5.91 Å². The predicted octanol–water partition coefficient (Wildman–Crippen LogP) is 1.84. The highest BCUT2D eigenvalue weighted by atomic mass is 79.9. The third kappa shape index (κ3) is 1.42. The number of hydrogen-bond donors (Lipinski definition) is 1. The number of nitrogens with zero attached hydrogens (tertiary/aromatic N) is 1. The van der Waals surface area contributed by atoms with Crippen LogP contribution in [0.25, 0.3) is 0 Å². The number of carbonyl (C=O) groups excluding carboxylic acids is 1. The van der Waals surface area contributed by atoms with Crippen LogP contribution in [0, 0.1) is 0 Å². The Balaban J connectivity index is 2.55. The lowest BCUT2D eigenvalue weighted by Crippen LogP contribution is -2.35. The fourth-order valence-electron chi connectivity index (χ4n) is 1.49. The predicted molar refractivity (Wildman–Crippen MR) is 56.0 cm³/mol. The number of halogens is 1. The molecular weight excluding hydrogens is 232 g/mol. The van der Waals surface area contributed by atoms with E-state index < -0.39 is 0 Å². The number of fused-ring (bicyclic) bond motifs is 1. The first-order valence-electron chi connectivity index (χ1n) is 3.98. The average molecular weight is 241 g/mol. The number of anilines is 2. The zero-order valence-corrected chi connectivity index (χ0v) is 8.76. The second-order valence-electron chi connectivity index (χ2n) is 3.04. The van der Waals surface area contributed by atoms with Gasteiger partial charge >= 0.3 is 0 Å². The van der Waals surface area contributed by atoms with Crippen molar-refractivity contribution in [3.8, 4) is 0 Å². The number of para-hydroxylation sites is 1. The van der Waals surface area contributed by atoms with E-state index in [-0.39, 0.29) is 5.91 Å². The van der Waals surface area contributed by atoms with Crippen molar-refractivity contribution in [1.82, 2.24) is 0 Å². The van der Waals surface area contributed by atoms with E-state index in [1.54, 1.807) is 0 Å². The largest absolute Gasteiger partial charge is 0.363 e. The molecule has 0 atom stereocenters. The number of hydrogen-bond acceptors (Lipinski definition) is 2. The summed E-state index contributed by atoms with van der Waals surface area (Å²) in [6.45, 7) is 0.412. The van der Waals surface area contributed by atoms with Crippen molar-refractivity contribution in [3.05, 3.63) is 22.7 Å². The van der Waals surface area contributed by atoms with Gasteiger partial charge < -0.3 is 10.2 Å². The molecule has 1 aromatic rings. The van der Waals surface area contributed by atoms with Crippen molar-refractivity contribution in [2.45, 2.75) is 0 Å². The van der Waals surface area contributed by atoms with Gasteiger partial charge in [0.1, 0.15) is 0 Å². The van der Waals surface area contributed by atoms with Gasteiger partial charge in [0, 0.05) is 11.5 Å². The highest BCUT2D eigenvalue weighted by Crippen LogP contribution is 2.35. The molecular formula is C9H9BrN2O. The van der Waals surface area contributed by atoms with Crippen molar-refractivity contribution in [2.75, 3.05) is 23.8 Å². The van der Waals surface area contributed by atoms with Crippen molar-refractivity contribution in [3.63, 3.8) is 0 Å². The van der Waals surface area contributed by atoms with E-state index in [0.29, 0.717) is 6.54 Å². The first-order valence-corrected chi connectivity index (χ1v) is 4.77. The summed E-state index contributed by atoms with van der Waals surface area (Å²) < 4.78 is 1.01. The number of amides is 1. The maximum absolute atomic E-state index is 11.2. The molecule has 0 unspecified atom stereocenters. The maximum atomic E-state index is 11.2. The Morgan fingerprint density at radius 2 is 2.31 bits per heavy atom. The van der Waals surface area contributed by atoms with Crippen LogP contribution in [-0.4, -0.2) is 19.5 Å². The normalized spacial score (nSPS) is 15.2. The summed E-state index contributed by atoms with van der Waals surface area (Å²) >= 11 is 3.45. The smallest absolute Gasteiger partial charge is 0.243 e. The molecule has 0 aliphatic carbocycles. The molecule has 1 heterocycles. The second-order valence-corrected chi connectivity index (χ2v) is 3.89. The molecule has 0 aromatic heterocycles. The molecule has 1 aromatic carbocycles. The molecule has 0 spiro atoms. The Kier molecular flexibility index (Phi) is 2.00. The molecule has 68 valence electrons. The van der Waals surface area contributed by atoms with E-state index >= 15 is 0 Å². The van der Waals surface area contributed by atoms with Crippen LogP contribution in [0.1, 0.15) is 0 Å². The lowest BCUT2D eigenvalue weighted by molar-refractivity contribution is -0.115. The van der Waals surface area contributed by atoms with E-state index in [1.165, 1.54) is 0 Å². The van der Waals surface area contributed by atoms with Gasteiger partial charge in [0.05, 0.1) is 17.9 Å². The molecule has 0 radical (unpaired) electrons. The Bertz CT molecular complexity index is 365. The number of nitrogens with one attached hydrogen (secondary N) is 1. The van der Waals surface area contributed by atoms with Gasteiger partial charge in [-0.2, -0.15) is 0 Å². The number of benzene rings is 1. The minimum absolute atomic E-state index is 0.0353. The first-order chi connectivity index (χ1) is 6.18. The second kappa shape index (κ2) is 3.03. The van der Waals surface area contributed by atoms with Crippen molar-refractivity contribution < 1.29 is 4.79 Å². The molecule has 4 heteroatoms. The van der Waals surface area contributed by atoms with E-state index in [4.69, 9.17) is 0 Å². The molecule has 0 fully saturated rings. The summed E-state index contributed by atoms with van der Waals surface area (Å²) in [6, 6.07) is 5.77. The van der Waals surface area contributed by atoms with Gasteiger partial charge in [0.15, 0.2) is 0 Å². The minimum Gasteiger partial charge on any atom is -0.363 e. The molecule has 1 N–H and O–H groups in total. The maximum Gasteiger partial charge on any atom is 0.243 e. The van der Waals surface area contributed by atoms with E-state index in [1.807, 2.05) is 30.1 Å². The molecule has 3 nitrogen and oxygen atoms in total. The van der Waals surface area contributed by atoms with Crippen LogP contribution in [-0.2, 0) is 4.79 Å². The fraction of sp³-hybridized carbons (Fsp3) is 0.222. The van der Waals surface area contributed by atoms with Crippen molar-refractivity contribution in [2.24, 2.45) is 0 Å². The number of rotatable bonds is 0. The average Bonchev–Trinajstić information content (AvgIpc) is 2.02. The van der Waals surface area contributed by atoms with Gasteiger partial charge in [-0.3, -0.25) is 4.79 Å². The van der Waals surface area contributed by atoms with E-state index in [0.717, 1.165) is 15.8 Å². The highest BCUT2D eigenvalue weighted by molar-refractivity contribution is 9.10. The van der Waals surface area contributed by atoms with Gasteiger partial charge in [-0.1, -0.05) is 6.07 Å². The van der Waals surface area contributed by atoms with Crippen molar-refractivity contribution >= 4 is 33.2 Å². The first kappa shape index (κ1) is 8.56.